The zero-order chi connectivity index (χ0) is 23.5. The van der Waals surface area contributed by atoms with E-state index in [-0.39, 0.29) is 12.8 Å². The summed E-state index contributed by atoms with van der Waals surface area (Å²) in [6, 6.07) is -0.338. The minimum Gasteiger partial charge on any atom is -0.480 e. The first-order valence-electron chi connectivity index (χ1n) is 12.8. The van der Waals surface area contributed by atoms with E-state index in [0.717, 1.165) is 30.6 Å². The van der Waals surface area contributed by atoms with Crippen molar-refractivity contribution in [2.45, 2.75) is 124 Å². The number of aliphatic carboxylic acids is 1. The molecule has 0 spiro atoms. The predicted molar refractivity (Wildman–Crippen MR) is 131 cm³/mol. The van der Waals surface area contributed by atoms with Crippen molar-refractivity contribution in [1.29, 1.82) is 0 Å². The average Bonchev–Trinajstić information content (AvgIpc) is 2.35. The summed E-state index contributed by atoms with van der Waals surface area (Å²) >= 11 is 0. The summed E-state index contributed by atoms with van der Waals surface area (Å²) in [7, 11) is 0. The van der Waals surface area contributed by atoms with Crippen molar-refractivity contribution in [2.75, 3.05) is 0 Å². The van der Waals surface area contributed by atoms with Crippen molar-refractivity contribution in [3.05, 3.63) is 0 Å². The van der Waals surface area contributed by atoms with Gasteiger partial charge in [-0.3, -0.25) is 0 Å². The molecule has 4 N–H and O–H groups in total. The zero-order valence-electron chi connectivity index (χ0n) is 20.7. The molecular formula is C27H48N2O4. The Kier molecular flexibility index (Phi) is 6.96. The number of ether oxygens (including phenoxy) is 1. The van der Waals surface area contributed by atoms with Crippen LogP contribution in [0.4, 0.5) is 4.79 Å². The van der Waals surface area contributed by atoms with E-state index in [0.29, 0.717) is 17.4 Å². The number of hydrogen-bond donors (Lipinski definition) is 3. The smallest absolute Gasteiger partial charge is 0.408 e. The lowest BCUT2D eigenvalue weighted by atomic mass is 9.42. The monoisotopic (exact) mass is 464 g/mol. The maximum Gasteiger partial charge on any atom is 0.408 e. The predicted octanol–water partition coefficient (Wildman–Crippen LogP) is 5.73. The summed E-state index contributed by atoms with van der Waals surface area (Å²) in [6.07, 6.45) is 12.6. The van der Waals surface area contributed by atoms with Gasteiger partial charge in [0.25, 0.3) is 0 Å². The number of carbonyl (C=O) groups is 2. The molecule has 9 rings (SSSR count). The fraction of sp³-hybridized carbons (Fsp3) is 0.926. The summed E-state index contributed by atoms with van der Waals surface area (Å²) in [6.45, 7) is 9.74. The summed E-state index contributed by atoms with van der Waals surface area (Å²) in [5, 5.41) is 11.7. The normalized spacial score (nSPS) is 41.2. The number of alkyl carbamates (subject to hydrolysis) is 1. The molecule has 0 aromatic heterocycles. The number of carboxylic acid groups (broad SMARTS) is 1. The van der Waals surface area contributed by atoms with E-state index in [1.165, 1.54) is 31.6 Å². The third-order valence-corrected chi connectivity index (χ3v) is 9.57. The minimum atomic E-state index is -0.964. The van der Waals surface area contributed by atoms with Crippen LogP contribution in [0.15, 0.2) is 0 Å². The maximum absolute atomic E-state index is 11.6. The highest BCUT2D eigenvalue weighted by Gasteiger charge is 2.63. The van der Waals surface area contributed by atoms with Gasteiger partial charge in [-0.15, -0.1) is 0 Å². The lowest BCUT2D eigenvalue weighted by Gasteiger charge is -2.64. The van der Waals surface area contributed by atoms with Crippen LogP contribution in [0.1, 0.15) is 106 Å². The lowest BCUT2D eigenvalue weighted by molar-refractivity contribution is -0.169. The average molecular weight is 465 g/mol. The molecule has 0 aromatic carbocycles. The molecule has 0 radical (unpaired) electrons. The van der Waals surface area contributed by atoms with Crippen LogP contribution in [-0.2, 0) is 9.53 Å². The molecule has 0 saturated heterocycles. The quantitative estimate of drug-likeness (QED) is 0.482. The molecule has 6 nitrogen and oxygen atoms in total. The Labute approximate surface area is 200 Å². The third kappa shape index (κ3) is 4.92. The van der Waals surface area contributed by atoms with Gasteiger partial charge in [-0.2, -0.15) is 0 Å². The lowest BCUT2D eigenvalue weighted by Crippen LogP contribution is -2.66. The van der Waals surface area contributed by atoms with Gasteiger partial charge in [0.2, 0.25) is 0 Å². The van der Waals surface area contributed by atoms with Crippen LogP contribution >= 0.6 is 0 Å². The number of amides is 1. The Morgan fingerprint density at radius 3 is 1.55 bits per heavy atom. The topological polar surface area (TPSA) is 102 Å². The van der Waals surface area contributed by atoms with Gasteiger partial charge in [0.05, 0.1) is 0 Å². The van der Waals surface area contributed by atoms with Crippen LogP contribution in [-0.4, -0.2) is 34.9 Å². The molecule has 9 aliphatic rings. The van der Waals surface area contributed by atoms with E-state index in [1.807, 2.05) is 0 Å². The molecule has 9 saturated carbocycles. The van der Waals surface area contributed by atoms with E-state index in [9.17, 15) is 14.7 Å². The summed E-state index contributed by atoms with van der Waals surface area (Å²) < 4.78 is 5.09. The second-order valence-electron chi connectivity index (χ2n) is 13.2. The van der Waals surface area contributed by atoms with Gasteiger partial charge in [-0.1, -0.05) is 20.8 Å². The Morgan fingerprint density at radius 2 is 1.39 bits per heavy atom. The van der Waals surface area contributed by atoms with Gasteiger partial charge >= 0.3 is 12.1 Å². The number of rotatable bonds is 5. The molecule has 1 amide bonds. The highest BCUT2D eigenvalue weighted by molar-refractivity contribution is 5.81. The Balaban J connectivity index is 0.000000157. The first-order valence-corrected chi connectivity index (χ1v) is 12.8. The van der Waals surface area contributed by atoms with Crippen molar-refractivity contribution in [1.82, 2.24) is 5.32 Å². The van der Waals surface area contributed by atoms with Gasteiger partial charge in [0.15, 0.2) is 0 Å². The molecule has 9 aliphatic carbocycles. The van der Waals surface area contributed by atoms with Crippen LogP contribution in [0.2, 0.25) is 0 Å². The van der Waals surface area contributed by atoms with Gasteiger partial charge < -0.3 is 20.9 Å². The first kappa shape index (κ1) is 26.3. The number of carbonyl (C=O) groups excluding carboxylic acids is 1. The van der Waals surface area contributed by atoms with Crippen LogP contribution in [0.25, 0.3) is 0 Å². The van der Waals surface area contributed by atoms with E-state index in [2.05, 4.69) is 19.2 Å². The number of carboxylic acids is 1. The number of nitrogens with one attached hydrogen (secondary N) is 1. The van der Waals surface area contributed by atoms with Crippen LogP contribution in [0.5, 0.6) is 0 Å². The van der Waals surface area contributed by atoms with Crippen molar-refractivity contribution >= 4 is 12.1 Å². The summed E-state index contributed by atoms with van der Waals surface area (Å²) in [4.78, 5) is 22.8. The highest BCUT2D eigenvalue weighted by atomic mass is 16.6. The Hall–Kier alpha value is -1.30. The number of nitrogens with two attached hydrogens (primary N) is 1. The molecule has 0 aliphatic heterocycles. The SMILES string of the molecule is C.CC(C)(C)OC(=O)NC(C(=O)O)C12CC(C1)C2.CC(N)C12CC(C1)C2.CCC12CC(C1)C2. The zero-order valence-corrected chi connectivity index (χ0v) is 20.7. The van der Waals surface area contributed by atoms with Gasteiger partial charge in [0.1, 0.15) is 11.6 Å². The molecule has 9 fully saturated rings. The van der Waals surface area contributed by atoms with E-state index in [4.69, 9.17) is 10.5 Å². The molecule has 6 heteroatoms. The first-order chi connectivity index (χ1) is 14.8. The molecule has 33 heavy (non-hydrogen) atoms. The van der Waals surface area contributed by atoms with E-state index < -0.39 is 23.7 Å². The second kappa shape index (κ2) is 8.73. The summed E-state index contributed by atoms with van der Waals surface area (Å²) in [5.74, 6) is 1.98. The fourth-order valence-corrected chi connectivity index (χ4v) is 6.99. The molecule has 0 heterocycles. The van der Waals surface area contributed by atoms with E-state index >= 15 is 0 Å². The summed E-state index contributed by atoms with van der Waals surface area (Å²) in [5.41, 5.74) is 6.52. The Morgan fingerprint density at radius 1 is 0.970 bits per heavy atom. The van der Waals surface area contributed by atoms with Crippen LogP contribution in [0, 0.1) is 34.0 Å². The van der Waals surface area contributed by atoms with Crippen LogP contribution in [0.3, 0.4) is 0 Å². The molecule has 2 atom stereocenters. The maximum atomic E-state index is 11.6. The standard InChI is InChI=1S/C12H19NO4.C7H13N.C7H12.CH4/c1-11(2,3)17-10(16)13-8(9(14)15)12-4-7(5-12)6-12;1-5(8)7-2-6(3-7)4-7;1-2-7-3-6(4-7)5-7;/h7-8H,4-6H2,1-3H3,(H,13,16)(H,14,15);5-6H,2-4,8H2,1H3;6H,2-5H2,1H3;1H4. The van der Waals surface area contributed by atoms with Crippen molar-refractivity contribution in [3.8, 4) is 0 Å². The van der Waals surface area contributed by atoms with Gasteiger partial charge in [-0.25, -0.2) is 9.59 Å². The van der Waals surface area contributed by atoms with Crippen molar-refractivity contribution < 1.29 is 19.4 Å². The minimum absolute atomic E-state index is 0. The van der Waals surface area contributed by atoms with Crippen molar-refractivity contribution in [2.24, 2.45) is 39.7 Å². The molecule has 6 bridgehead atoms. The number of hydrogen-bond acceptors (Lipinski definition) is 4. The van der Waals surface area contributed by atoms with Gasteiger partial charge in [-0.05, 0) is 114 Å². The van der Waals surface area contributed by atoms with Crippen LogP contribution < -0.4 is 11.1 Å². The van der Waals surface area contributed by atoms with Crippen molar-refractivity contribution in [3.63, 3.8) is 0 Å². The molecule has 2 unspecified atom stereocenters. The fourth-order valence-electron chi connectivity index (χ4n) is 6.99. The molecule has 190 valence electrons. The highest BCUT2D eigenvalue weighted by Crippen LogP contribution is 2.67. The van der Waals surface area contributed by atoms with E-state index in [1.54, 1.807) is 40.0 Å². The largest absolute Gasteiger partial charge is 0.480 e. The Bertz CT molecular complexity index is 699. The second-order valence-corrected chi connectivity index (χ2v) is 13.2. The van der Waals surface area contributed by atoms with Gasteiger partial charge in [0, 0.05) is 11.5 Å². The molecular weight excluding hydrogens is 416 g/mol. The molecule has 0 aromatic rings. The third-order valence-electron chi connectivity index (χ3n) is 9.57.